The first-order chi connectivity index (χ1) is 36.5. The molecule has 0 spiro atoms. The number of β-amino-alcohol motifs (C(OH)–C–C–N with tert-alkyl or cyclic N) is 1. The van der Waals surface area contributed by atoms with Crippen molar-refractivity contribution in [1.82, 2.24) is 34.3 Å². The zero-order valence-corrected chi connectivity index (χ0v) is 45.6. The zero-order chi connectivity index (χ0) is 54.1. The molecule has 4 aromatic heterocycles. The van der Waals surface area contributed by atoms with E-state index >= 15 is 0 Å². The predicted molar refractivity (Wildman–Crippen MR) is 289 cm³/mol. The highest BCUT2D eigenvalue weighted by atomic mass is 32.1. The molecular formula is C57H72N8O10S. The number of likely N-dealkylation sites (tertiary alicyclic amines) is 1. The molecule has 1 aromatic carbocycles. The van der Waals surface area contributed by atoms with Gasteiger partial charge in [0.25, 0.3) is 5.56 Å². The van der Waals surface area contributed by atoms with Crippen molar-refractivity contribution in [3.05, 3.63) is 98.6 Å². The van der Waals surface area contributed by atoms with E-state index in [9.17, 15) is 33.9 Å². The van der Waals surface area contributed by atoms with E-state index in [1.807, 2.05) is 75.8 Å². The number of ether oxygens (including phenoxy) is 3. The van der Waals surface area contributed by atoms with Gasteiger partial charge < -0.3 is 34.0 Å². The van der Waals surface area contributed by atoms with Gasteiger partial charge in [0, 0.05) is 81.2 Å². The number of rotatable bonds is 23. The van der Waals surface area contributed by atoms with Crippen LogP contribution in [-0.2, 0) is 46.2 Å². The Morgan fingerprint density at radius 1 is 0.855 bits per heavy atom. The van der Waals surface area contributed by atoms with Crippen molar-refractivity contribution < 1.29 is 43.3 Å². The van der Waals surface area contributed by atoms with Crippen molar-refractivity contribution >= 4 is 57.2 Å². The van der Waals surface area contributed by atoms with Gasteiger partial charge in [0.2, 0.25) is 11.8 Å². The molecule has 0 radical (unpaired) electrons. The molecule has 18 nitrogen and oxygen atoms in total. The van der Waals surface area contributed by atoms with E-state index in [1.54, 1.807) is 33.9 Å². The van der Waals surface area contributed by atoms with E-state index in [1.165, 1.54) is 11.8 Å². The lowest BCUT2D eigenvalue weighted by Crippen LogP contribution is -2.49. The molecule has 2 amide bonds. The predicted octanol–water partition coefficient (Wildman–Crippen LogP) is 6.32. The summed E-state index contributed by atoms with van der Waals surface area (Å²) in [6.45, 7) is 13.8. The SMILES string of the molecule is CC(=O)c1c(C)c2cnc(Cc3ccc(N4CCN(C(=O)COCCOCCOCC(=O)C[C@H](C(=O)N5C[C@H](O)C[C@H]5C(=O)CCc5ccc(-c6scnc6C)cc5)C(C)(C)C)CC4)cn3)nc2n(C2CCCC2)c1=O. The van der Waals surface area contributed by atoms with Crippen LogP contribution >= 0.6 is 11.3 Å². The van der Waals surface area contributed by atoms with Crippen molar-refractivity contribution in [3.8, 4) is 10.4 Å². The number of anilines is 1. The monoisotopic (exact) mass is 1060 g/mol. The van der Waals surface area contributed by atoms with E-state index < -0.39 is 23.5 Å². The van der Waals surface area contributed by atoms with Crippen molar-refractivity contribution in [2.75, 3.05) is 77.3 Å². The van der Waals surface area contributed by atoms with Crippen molar-refractivity contribution in [2.45, 2.75) is 118 Å². The summed E-state index contributed by atoms with van der Waals surface area (Å²) in [6, 6.07) is 11.3. The zero-order valence-electron chi connectivity index (χ0n) is 44.8. The smallest absolute Gasteiger partial charge is 0.263 e. The van der Waals surface area contributed by atoms with E-state index in [-0.39, 0.29) is 112 Å². The molecule has 2 aliphatic heterocycles. The van der Waals surface area contributed by atoms with Crippen LogP contribution in [-0.4, -0.2) is 153 Å². The van der Waals surface area contributed by atoms with Gasteiger partial charge in [0.1, 0.15) is 24.7 Å². The maximum absolute atomic E-state index is 14.1. The van der Waals surface area contributed by atoms with Crippen molar-refractivity contribution in [1.29, 1.82) is 0 Å². The molecule has 5 aromatic rings. The lowest BCUT2D eigenvalue weighted by atomic mass is 9.76. The number of Topliss-reactive ketones (excluding diaryl/α,β-unsaturated/α-hetero) is 3. The molecule has 1 saturated carbocycles. The van der Waals surface area contributed by atoms with Crippen LogP contribution in [0.15, 0.2) is 59.1 Å². The average Bonchev–Trinajstić information content (AvgIpc) is 4.20. The van der Waals surface area contributed by atoms with Gasteiger partial charge in [0.05, 0.1) is 78.5 Å². The number of amides is 2. The minimum Gasteiger partial charge on any atom is -0.391 e. The van der Waals surface area contributed by atoms with Crippen LogP contribution in [0.5, 0.6) is 0 Å². The van der Waals surface area contributed by atoms with Gasteiger partial charge in [0.15, 0.2) is 17.3 Å². The number of aliphatic hydroxyl groups excluding tert-OH is 1. The first-order valence-electron chi connectivity index (χ1n) is 26.6. The molecule has 6 heterocycles. The van der Waals surface area contributed by atoms with Gasteiger partial charge in [-0.05, 0) is 74.3 Å². The number of piperazine rings is 1. The molecule has 76 heavy (non-hydrogen) atoms. The standard InChI is InChI=1S/C57H72N8O10S/c1-36-46-31-59-50(61-54(46)65(42-9-7-8-10-42)56(72)52(36)38(3)66)27-41-16-17-43(30-58-41)62-19-21-63(22-20-62)51(70)34-75-26-24-73-23-25-74-33-45(68)28-47(57(4,5)6)55(71)64-32-44(67)29-48(64)49(69)18-13-39-11-14-40(15-12-39)53-37(2)60-35-76-53/h11-12,14-17,30-31,35,42,44,47-48,67H,7-10,13,18-29,32-34H2,1-6H3/t44-,47-,48+/m1/s1. The summed E-state index contributed by atoms with van der Waals surface area (Å²) in [5.41, 5.74) is 7.13. The van der Waals surface area contributed by atoms with E-state index in [0.29, 0.717) is 61.4 Å². The topological polar surface area (TPSA) is 217 Å². The number of hydrogen-bond acceptors (Lipinski definition) is 16. The van der Waals surface area contributed by atoms with E-state index in [0.717, 1.165) is 58.8 Å². The van der Waals surface area contributed by atoms with Gasteiger partial charge in [-0.15, -0.1) is 11.3 Å². The summed E-state index contributed by atoms with van der Waals surface area (Å²) in [5.74, 6) is -1.19. The highest BCUT2D eigenvalue weighted by Crippen LogP contribution is 2.35. The van der Waals surface area contributed by atoms with Gasteiger partial charge in [-0.2, -0.15) is 0 Å². The maximum Gasteiger partial charge on any atom is 0.263 e. The lowest BCUT2D eigenvalue weighted by Gasteiger charge is -2.36. The minimum absolute atomic E-state index is 0.00486. The van der Waals surface area contributed by atoms with Crippen molar-refractivity contribution in [3.63, 3.8) is 0 Å². The van der Waals surface area contributed by atoms with Gasteiger partial charge >= 0.3 is 0 Å². The maximum atomic E-state index is 14.1. The molecule has 0 unspecified atom stereocenters. The summed E-state index contributed by atoms with van der Waals surface area (Å²) in [7, 11) is 0. The second kappa shape index (κ2) is 25.4. The normalized spacial score (nSPS) is 17.7. The number of hydrogen-bond donors (Lipinski definition) is 1. The third-order valence-electron chi connectivity index (χ3n) is 15.0. The highest BCUT2D eigenvalue weighted by molar-refractivity contribution is 7.13. The Balaban J connectivity index is 0.703. The number of aliphatic hydroxyl groups is 1. The number of benzene rings is 1. The third-order valence-corrected chi connectivity index (χ3v) is 16.0. The summed E-state index contributed by atoms with van der Waals surface area (Å²) in [4.78, 5) is 105. The highest BCUT2D eigenvalue weighted by Gasteiger charge is 2.44. The minimum atomic E-state index is -0.821. The summed E-state index contributed by atoms with van der Waals surface area (Å²) in [6.07, 6.45) is 7.75. The number of carbonyl (C=O) groups is 5. The summed E-state index contributed by atoms with van der Waals surface area (Å²) in [5, 5.41) is 11.3. The van der Waals surface area contributed by atoms with Crippen LogP contribution < -0.4 is 10.5 Å². The van der Waals surface area contributed by atoms with Crippen LogP contribution in [0.25, 0.3) is 21.5 Å². The number of thiazole rings is 1. The number of nitrogens with zero attached hydrogens (tertiary/aromatic N) is 8. The Bertz CT molecular complexity index is 2920. The van der Waals surface area contributed by atoms with E-state index in [2.05, 4.69) is 14.9 Å². The number of pyridine rings is 2. The first kappa shape index (κ1) is 56.1. The number of aromatic nitrogens is 5. The Hall–Kier alpha value is -6.12. The number of carbonyl (C=O) groups excluding carboxylic acids is 5. The fraction of sp³-hybridized carbons (Fsp3) is 0.544. The largest absolute Gasteiger partial charge is 0.391 e. The van der Waals surface area contributed by atoms with Crippen LogP contribution in [0, 0.1) is 25.2 Å². The third kappa shape index (κ3) is 13.7. The molecule has 3 aliphatic rings. The number of ketones is 3. The van der Waals surface area contributed by atoms with Crippen LogP contribution in [0.3, 0.4) is 0 Å². The lowest BCUT2D eigenvalue weighted by molar-refractivity contribution is -0.146. The molecule has 406 valence electrons. The average molecular weight is 1060 g/mol. The Kier molecular flexibility index (Phi) is 18.7. The Morgan fingerprint density at radius 2 is 1.55 bits per heavy atom. The van der Waals surface area contributed by atoms with Gasteiger partial charge in [-0.25, -0.2) is 15.0 Å². The van der Waals surface area contributed by atoms with E-state index in [4.69, 9.17) is 24.2 Å². The molecule has 1 aliphatic carbocycles. The number of aryl methyl sites for hydroxylation is 3. The van der Waals surface area contributed by atoms with Gasteiger partial charge in [-0.3, -0.25) is 38.3 Å². The molecule has 3 fully saturated rings. The molecule has 19 heteroatoms. The number of fused-ring (bicyclic) bond motifs is 1. The quantitative estimate of drug-likeness (QED) is 0.0560. The summed E-state index contributed by atoms with van der Waals surface area (Å²) < 4.78 is 18.6. The van der Waals surface area contributed by atoms with Crippen LogP contribution in [0.4, 0.5) is 5.69 Å². The second-order valence-corrected chi connectivity index (χ2v) is 22.3. The van der Waals surface area contributed by atoms with Gasteiger partial charge in [-0.1, -0.05) is 57.9 Å². The Morgan fingerprint density at radius 3 is 2.20 bits per heavy atom. The van der Waals surface area contributed by atoms with Crippen LogP contribution in [0.1, 0.15) is 117 Å². The molecule has 8 rings (SSSR count). The molecule has 3 atom stereocenters. The first-order valence-corrected chi connectivity index (χ1v) is 27.5. The molecular weight excluding hydrogens is 989 g/mol. The Labute approximate surface area is 448 Å². The van der Waals surface area contributed by atoms with Crippen molar-refractivity contribution in [2.24, 2.45) is 11.3 Å². The summed E-state index contributed by atoms with van der Waals surface area (Å²) >= 11 is 1.59. The fourth-order valence-electron chi connectivity index (χ4n) is 10.7. The molecule has 2 saturated heterocycles. The van der Waals surface area contributed by atoms with Crippen LogP contribution in [0.2, 0.25) is 0 Å². The molecule has 1 N–H and O–H groups in total. The fourth-order valence-corrected chi connectivity index (χ4v) is 11.5. The second-order valence-electron chi connectivity index (χ2n) is 21.5. The molecule has 0 bridgehead atoms.